The van der Waals surface area contributed by atoms with E-state index in [1.165, 1.54) is 11.3 Å². The number of piperazine rings is 1. The topological polar surface area (TPSA) is 112 Å². The van der Waals surface area contributed by atoms with Gasteiger partial charge in [-0.05, 0) is 23.6 Å². The molecule has 154 valence electrons. The lowest BCUT2D eigenvalue weighted by Crippen LogP contribution is -2.48. The number of hydrogen-bond donors (Lipinski definition) is 2. The van der Waals surface area contributed by atoms with Gasteiger partial charge in [0.25, 0.3) is 5.91 Å². The number of hydrogen-bond acceptors (Lipinski definition) is 7. The van der Waals surface area contributed by atoms with Crippen molar-refractivity contribution in [3.05, 3.63) is 46.3 Å². The molecule has 0 atom stereocenters. The molecule has 3 aromatic rings. The van der Waals surface area contributed by atoms with Crippen molar-refractivity contribution >= 4 is 44.7 Å². The van der Waals surface area contributed by atoms with Crippen LogP contribution in [0, 0.1) is 11.3 Å². The van der Waals surface area contributed by atoms with Gasteiger partial charge in [0, 0.05) is 37.3 Å². The Morgan fingerprint density at radius 1 is 1.17 bits per heavy atom. The van der Waals surface area contributed by atoms with Crippen molar-refractivity contribution < 1.29 is 4.79 Å². The number of carbonyl (C=O) groups excluding carboxylic acids is 1. The minimum Gasteiger partial charge on any atom is -0.397 e. The Kier molecular flexibility index (Phi) is 5.22. The molecule has 1 aromatic carbocycles. The first-order valence-corrected chi connectivity index (χ1v) is 10.7. The van der Waals surface area contributed by atoms with Gasteiger partial charge < -0.3 is 21.3 Å². The van der Waals surface area contributed by atoms with Crippen molar-refractivity contribution in [2.24, 2.45) is 0 Å². The molecule has 4 rings (SSSR count). The Hall–Kier alpha value is -3.31. The highest BCUT2D eigenvalue weighted by Gasteiger charge is 2.29. The molecule has 2 aromatic heterocycles. The number of nitrogens with two attached hydrogens (primary N) is 2. The van der Waals surface area contributed by atoms with Gasteiger partial charge in [-0.1, -0.05) is 32.0 Å². The van der Waals surface area contributed by atoms with Crippen LogP contribution in [0.15, 0.2) is 30.3 Å². The summed E-state index contributed by atoms with van der Waals surface area (Å²) >= 11 is 1.26. The lowest BCUT2D eigenvalue weighted by molar-refractivity contribution is 0.0752. The number of amides is 1. The molecule has 8 heteroatoms. The molecule has 7 nitrogen and oxygen atoms in total. The lowest BCUT2D eigenvalue weighted by Gasteiger charge is -2.36. The SMILES string of the molecule is CC(C)c1c(C#N)c(N)nc2sc(C(=O)N3CCN(c4ccccc4)CC3)c(N)c12. The predicted octanol–water partition coefficient (Wildman–Crippen LogP) is 3.42. The van der Waals surface area contributed by atoms with Gasteiger partial charge in [-0.15, -0.1) is 11.3 Å². The van der Waals surface area contributed by atoms with Crippen LogP contribution in [0.2, 0.25) is 0 Å². The largest absolute Gasteiger partial charge is 0.397 e. The minimum atomic E-state index is -0.0880. The lowest BCUT2D eigenvalue weighted by atomic mass is 9.95. The van der Waals surface area contributed by atoms with Crippen LogP contribution in [0.5, 0.6) is 0 Å². The van der Waals surface area contributed by atoms with Crippen molar-refractivity contribution in [1.82, 2.24) is 9.88 Å². The van der Waals surface area contributed by atoms with E-state index in [0.29, 0.717) is 39.4 Å². The van der Waals surface area contributed by atoms with E-state index in [1.807, 2.05) is 36.9 Å². The van der Waals surface area contributed by atoms with Gasteiger partial charge in [0.05, 0.1) is 11.3 Å². The molecular weight excluding hydrogens is 396 g/mol. The number of carbonyl (C=O) groups is 1. The van der Waals surface area contributed by atoms with Crippen molar-refractivity contribution in [2.75, 3.05) is 42.5 Å². The first-order valence-electron chi connectivity index (χ1n) is 9.93. The molecule has 30 heavy (non-hydrogen) atoms. The Morgan fingerprint density at radius 3 is 2.43 bits per heavy atom. The summed E-state index contributed by atoms with van der Waals surface area (Å²) in [5, 5.41) is 10.2. The second kappa shape index (κ2) is 7.84. The van der Waals surface area contributed by atoms with Crippen molar-refractivity contribution in [3.63, 3.8) is 0 Å². The number of nitrogens with zero attached hydrogens (tertiary/aromatic N) is 4. The Labute approximate surface area is 179 Å². The molecule has 4 N–H and O–H groups in total. The summed E-state index contributed by atoms with van der Waals surface area (Å²) in [4.78, 5) is 22.8. The number of rotatable bonds is 3. The number of para-hydroxylation sites is 1. The number of nitrogen functional groups attached to an aromatic ring is 2. The van der Waals surface area contributed by atoms with Crippen LogP contribution in [0.3, 0.4) is 0 Å². The Balaban J connectivity index is 1.64. The number of aromatic nitrogens is 1. The summed E-state index contributed by atoms with van der Waals surface area (Å²) in [6.07, 6.45) is 0. The number of pyridine rings is 1. The molecule has 3 heterocycles. The molecule has 1 amide bonds. The van der Waals surface area contributed by atoms with Crippen LogP contribution in [0.4, 0.5) is 17.2 Å². The number of thiophene rings is 1. The summed E-state index contributed by atoms with van der Waals surface area (Å²) in [7, 11) is 0. The smallest absolute Gasteiger partial charge is 0.266 e. The fraction of sp³-hybridized carbons (Fsp3) is 0.318. The molecule has 0 saturated carbocycles. The Morgan fingerprint density at radius 2 is 1.83 bits per heavy atom. The molecule has 1 aliphatic rings. The molecule has 0 bridgehead atoms. The third-order valence-corrected chi connectivity index (χ3v) is 6.60. The summed E-state index contributed by atoms with van der Waals surface area (Å²) in [6.45, 7) is 6.74. The molecular formula is C22H24N6OS. The number of nitriles is 1. The quantitative estimate of drug-likeness (QED) is 0.671. The van der Waals surface area contributed by atoms with E-state index in [4.69, 9.17) is 11.5 Å². The molecule has 1 saturated heterocycles. The van der Waals surface area contributed by atoms with Gasteiger partial charge in [0.1, 0.15) is 21.6 Å². The van der Waals surface area contributed by atoms with Crippen LogP contribution in [-0.2, 0) is 0 Å². The van der Waals surface area contributed by atoms with Gasteiger partial charge in [-0.25, -0.2) is 4.98 Å². The van der Waals surface area contributed by atoms with E-state index < -0.39 is 0 Å². The normalized spacial score (nSPS) is 14.3. The van der Waals surface area contributed by atoms with E-state index in [1.54, 1.807) is 0 Å². The van der Waals surface area contributed by atoms with Gasteiger partial charge in [0.2, 0.25) is 0 Å². The zero-order valence-corrected chi connectivity index (χ0v) is 17.9. The highest BCUT2D eigenvalue weighted by atomic mass is 32.1. The van der Waals surface area contributed by atoms with Crippen molar-refractivity contribution in [2.45, 2.75) is 19.8 Å². The molecule has 0 aliphatic carbocycles. The highest BCUT2D eigenvalue weighted by molar-refractivity contribution is 7.21. The van der Waals surface area contributed by atoms with Crippen LogP contribution >= 0.6 is 11.3 Å². The van der Waals surface area contributed by atoms with E-state index in [0.717, 1.165) is 24.3 Å². The standard InChI is InChI=1S/C22H24N6OS/c1-13(2)16-15(12-23)20(25)26-21-17(16)18(24)19(30-21)22(29)28-10-8-27(9-11-28)14-6-4-3-5-7-14/h3-7,13H,8-11,24H2,1-2H3,(H2,25,26). The van der Waals surface area contributed by atoms with Gasteiger partial charge >= 0.3 is 0 Å². The average Bonchev–Trinajstić information content (AvgIpc) is 3.08. The predicted molar refractivity (Wildman–Crippen MR) is 122 cm³/mol. The summed E-state index contributed by atoms with van der Waals surface area (Å²) in [6, 6.07) is 12.3. The van der Waals surface area contributed by atoms with Gasteiger partial charge in [0.15, 0.2) is 0 Å². The molecule has 1 aliphatic heterocycles. The van der Waals surface area contributed by atoms with Crippen LogP contribution in [0.25, 0.3) is 10.2 Å². The van der Waals surface area contributed by atoms with Crippen LogP contribution in [-0.4, -0.2) is 42.0 Å². The highest BCUT2D eigenvalue weighted by Crippen LogP contribution is 2.41. The van der Waals surface area contributed by atoms with Crippen molar-refractivity contribution in [3.8, 4) is 6.07 Å². The first kappa shape index (κ1) is 20.0. The fourth-order valence-corrected chi connectivity index (χ4v) is 5.09. The third-order valence-electron chi connectivity index (χ3n) is 5.51. The fourth-order valence-electron chi connectivity index (χ4n) is 4.00. The molecule has 0 spiro atoms. The van der Waals surface area contributed by atoms with Gasteiger partial charge in [-0.2, -0.15) is 5.26 Å². The average molecular weight is 421 g/mol. The molecule has 0 unspecified atom stereocenters. The zero-order valence-electron chi connectivity index (χ0n) is 17.1. The first-order chi connectivity index (χ1) is 14.4. The number of anilines is 3. The third kappa shape index (κ3) is 3.31. The molecule has 1 fully saturated rings. The number of fused-ring (bicyclic) bond motifs is 1. The van der Waals surface area contributed by atoms with E-state index >= 15 is 0 Å². The monoisotopic (exact) mass is 420 g/mol. The summed E-state index contributed by atoms with van der Waals surface area (Å²) in [5.74, 6) is 0.127. The second-order valence-electron chi connectivity index (χ2n) is 7.69. The van der Waals surface area contributed by atoms with Crippen molar-refractivity contribution in [1.29, 1.82) is 5.26 Å². The zero-order chi connectivity index (χ0) is 21.4. The summed E-state index contributed by atoms with van der Waals surface area (Å²) < 4.78 is 0. The maximum Gasteiger partial charge on any atom is 0.266 e. The molecule has 0 radical (unpaired) electrons. The van der Waals surface area contributed by atoms with Crippen LogP contribution in [0.1, 0.15) is 40.6 Å². The maximum absolute atomic E-state index is 13.3. The number of benzene rings is 1. The minimum absolute atomic E-state index is 0.0294. The van der Waals surface area contributed by atoms with Gasteiger partial charge in [-0.3, -0.25) is 4.79 Å². The van der Waals surface area contributed by atoms with E-state index in [9.17, 15) is 10.1 Å². The summed E-state index contributed by atoms with van der Waals surface area (Å²) in [5.41, 5.74) is 15.1. The van der Waals surface area contributed by atoms with E-state index in [2.05, 4.69) is 28.1 Å². The Bertz CT molecular complexity index is 1140. The van der Waals surface area contributed by atoms with Crippen LogP contribution < -0.4 is 16.4 Å². The van der Waals surface area contributed by atoms with E-state index in [-0.39, 0.29) is 17.6 Å². The second-order valence-corrected chi connectivity index (χ2v) is 8.69. The maximum atomic E-state index is 13.3.